The van der Waals surface area contributed by atoms with E-state index in [1.807, 2.05) is 48.5 Å². The fourth-order valence-electron chi connectivity index (χ4n) is 3.82. The van der Waals surface area contributed by atoms with Gasteiger partial charge >= 0.3 is 0 Å². The zero-order valence-electron chi connectivity index (χ0n) is 21.3. The van der Waals surface area contributed by atoms with Crippen molar-refractivity contribution in [3.8, 4) is 23.0 Å². The average molecular weight is 535 g/mol. The van der Waals surface area contributed by atoms with E-state index in [0.29, 0.717) is 0 Å². The van der Waals surface area contributed by atoms with E-state index in [2.05, 4.69) is 48.5 Å². The largest absolute Gasteiger partial charge is 0.497 e. The van der Waals surface area contributed by atoms with E-state index in [-0.39, 0.29) is 10.5 Å². The molecule has 5 nitrogen and oxygen atoms in total. The molecule has 0 fully saturated rings. The fraction of sp³-hybridized carbons (Fsp3) is 0.200. The van der Waals surface area contributed by atoms with Crippen molar-refractivity contribution >= 4 is 24.1 Å². The van der Waals surface area contributed by atoms with Gasteiger partial charge in [-0.15, -0.1) is 0 Å². The SMILES string of the molecule is COc1ccc(C(SOSC(c2ccc(OC)cc2)c2ccc(OC)cc2)c2ccc(OC)cc2)cc1. The van der Waals surface area contributed by atoms with Gasteiger partial charge in [0.15, 0.2) is 0 Å². The van der Waals surface area contributed by atoms with E-state index in [1.54, 1.807) is 28.4 Å². The molecule has 0 spiro atoms. The molecule has 0 bridgehead atoms. The molecule has 0 aromatic heterocycles. The van der Waals surface area contributed by atoms with Crippen LogP contribution in [0.4, 0.5) is 0 Å². The lowest BCUT2D eigenvalue weighted by Gasteiger charge is -2.21. The number of benzene rings is 4. The van der Waals surface area contributed by atoms with E-state index in [9.17, 15) is 0 Å². The number of ether oxygens (including phenoxy) is 4. The second-order valence-electron chi connectivity index (χ2n) is 8.11. The first kappa shape index (κ1) is 26.8. The van der Waals surface area contributed by atoms with Gasteiger partial charge in [0.05, 0.1) is 38.9 Å². The molecule has 0 amide bonds. The average Bonchev–Trinajstić information content (AvgIpc) is 2.98. The van der Waals surface area contributed by atoms with E-state index in [4.69, 9.17) is 22.6 Å². The van der Waals surface area contributed by atoms with Crippen LogP contribution in [-0.2, 0) is 3.63 Å². The topological polar surface area (TPSA) is 46.2 Å². The van der Waals surface area contributed by atoms with E-state index >= 15 is 0 Å². The Morgan fingerprint density at radius 3 is 0.784 bits per heavy atom. The van der Waals surface area contributed by atoms with Gasteiger partial charge in [-0.3, -0.25) is 0 Å². The molecule has 192 valence electrons. The predicted molar refractivity (Wildman–Crippen MR) is 152 cm³/mol. The summed E-state index contributed by atoms with van der Waals surface area (Å²) in [6.45, 7) is 0. The van der Waals surface area contributed by atoms with Crippen LogP contribution >= 0.6 is 24.1 Å². The molecular weight excluding hydrogens is 504 g/mol. The summed E-state index contributed by atoms with van der Waals surface area (Å²) in [5.41, 5.74) is 4.45. The number of methoxy groups -OCH3 is 4. The van der Waals surface area contributed by atoms with Crippen LogP contribution in [0.1, 0.15) is 32.8 Å². The smallest absolute Gasteiger partial charge is 0.118 e. The minimum absolute atomic E-state index is 0.0447. The van der Waals surface area contributed by atoms with Crippen molar-refractivity contribution in [1.82, 2.24) is 0 Å². The van der Waals surface area contributed by atoms with Gasteiger partial charge in [0.25, 0.3) is 0 Å². The van der Waals surface area contributed by atoms with Crippen molar-refractivity contribution in [2.45, 2.75) is 10.5 Å². The van der Waals surface area contributed by atoms with Gasteiger partial charge < -0.3 is 18.9 Å². The van der Waals surface area contributed by atoms with Crippen LogP contribution in [0, 0.1) is 0 Å². The Balaban J connectivity index is 1.58. The zero-order chi connectivity index (χ0) is 26.0. The highest BCUT2D eigenvalue weighted by Crippen LogP contribution is 2.45. The molecule has 4 aromatic rings. The normalized spacial score (nSPS) is 11.0. The maximum atomic E-state index is 6.31. The highest BCUT2D eigenvalue weighted by atomic mass is 32.2. The van der Waals surface area contributed by atoms with Gasteiger partial charge in [-0.25, -0.2) is 3.63 Å². The number of hydrogen-bond donors (Lipinski definition) is 0. The van der Waals surface area contributed by atoms with Gasteiger partial charge in [-0.1, -0.05) is 48.5 Å². The fourth-order valence-corrected chi connectivity index (χ4v) is 5.71. The van der Waals surface area contributed by atoms with Crippen molar-refractivity contribution in [2.24, 2.45) is 0 Å². The molecular formula is C30H30O5S2. The molecule has 0 unspecified atom stereocenters. The summed E-state index contributed by atoms with van der Waals surface area (Å²) in [5, 5.41) is -0.0894. The van der Waals surface area contributed by atoms with Gasteiger partial charge in [-0.2, -0.15) is 0 Å². The first-order valence-corrected chi connectivity index (χ1v) is 13.3. The lowest BCUT2D eigenvalue weighted by Crippen LogP contribution is -2.00. The molecule has 0 saturated carbocycles. The molecule has 0 atom stereocenters. The second-order valence-corrected chi connectivity index (χ2v) is 9.99. The minimum atomic E-state index is -0.0447. The van der Waals surface area contributed by atoms with Gasteiger partial charge in [0, 0.05) is 24.1 Å². The van der Waals surface area contributed by atoms with Crippen LogP contribution in [0.15, 0.2) is 97.1 Å². The van der Waals surface area contributed by atoms with E-state index < -0.39 is 0 Å². The molecule has 0 heterocycles. The molecule has 0 aliphatic carbocycles. The van der Waals surface area contributed by atoms with Crippen LogP contribution in [0.3, 0.4) is 0 Å². The molecule has 0 aliphatic heterocycles. The number of rotatable bonds is 12. The summed E-state index contributed by atoms with van der Waals surface area (Å²) >= 11 is 2.84. The summed E-state index contributed by atoms with van der Waals surface area (Å²) < 4.78 is 27.7. The summed E-state index contributed by atoms with van der Waals surface area (Å²) in [6, 6.07) is 32.3. The molecule has 0 radical (unpaired) electrons. The van der Waals surface area contributed by atoms with Crippen molar-refractivity contribution in [3.05, 3.63) is 119 Å². The quantitative estimate of drug-likeness (QED) is 0.171. The van der Waals surface area contributed by atoms with Gasteiger partial charge in [0.1, 0.15) is 23.0 Å². The maximum Gasteiger partial charge on any atom is 0.118 e. The minimum Gasteiger partial charge on any atom is -0.497 e. The van der Waals surface area contributed by atoms with Crippen LogP contribution < -0.4 is 18.9 Å². The van der Waals surface area contributed by atoms with Crippen molar-refractivity contribution < 1.29 is 22.6 Å². The predicted octanol–water partition coefficient (Wildman–Crippen LogP) is 7.91. The van der Waals surface area contributed by atoms with Crippen LogP contribution in [-0.4, -0.2) is 28.4 Å². The molecule has 4 aromatic carbocycles. The third-order valence-electron chi connectivity index (χ3n) is 5.95. The zero-order valence-corrected chi connectivity index (χ0v) is 22.9. The lowest BCUT2D eigenvalue weighted by atomic mass is 10.0. The third kappa shape index (κ3) is 6.95. The van der Waals surface area contributed by atoms with Crippen LogP contribution in [0.5, 0.6) is 23.0 Å². The lowest BCUT2D eigenvalue weighted by molar-refractivity contribution is 0.414. The summed E-state index contributed by atoms with van der Waals surface area (Å²) in [6.07, 6.45) is 0. The third-order valence-corrected chi connectivity index (χ3v) is 8.05. The highest BCUT2D eigenvalue weighted by molar-refractivity contribution is 8.08. The van der Waals surface area contributed by atoms with Crippen molar-refractivity contribution in [2.75, 3.05) is 28.4 Å². The van der Waals surface area contributed by atoms with Gasteiger partial charge in [-0.05, 0) is 70.8 Å². The maximum absolute atomic E-state index is 6.31. The molecule has 7 heteroatoms. The summed E-state index contributed by atoms with van der Waals surface area (Å²) in [5.74, 6) is 3.27. The standard InChI is InChI=1S/C30H30O5S2/c1-31-25-13-5-21(6-14-25)29(22-7-15-26(32-2)16-8-22)36-35-37-30(23-9-17-27(33-3)18-10-23)24-11-19-28(34-4)20-12-24/h5-20,29-30H,1-4H3. The Bertz CT molecular complexity index is 1030. The van der Waals surface area contributed by atoms with Gasteiger partial charge in [0.2, 0.25) is 0 Å². The molecule has 37 heavy (non-hydrogen) atoms. The molecule has 4 rings (SSSR count). The first-order chi connectivity index (χ1) is 18.1. The van der Waals surface area contributed by atoms with Crippen LogP contribution in [0.2, 0.25) is 0 Å². The van der Waals surface area contributed by atoms with Crippen molar-refractivity contribution in [1.29, 1.82) is 0 Å². The molecule has 0 N–H and O–H groups in total. The first-order valence-electron chi connectivity index (χ1n) is 11.7. The monoisotopic (exact) mass is 534 g/mol. The van der Waals surface area contributed by atoms with E-state index in [0.717, 1.165) is 45.3 Å². The van der Waals surface area contributed by atoms with Crippen molar-refractivity contribution in [3.63, 3.8) is 0 Å². The Morgan fingerprint density at radius 2 is 0.595 bits per heavy atom. The summed E-state index contributed by atoms with van der Waals surface area (Å²) in [7, 11) is 6.68. The van der Waals surface area contributed by atoms with Crippen LogP contribution in [0.25, 0.3) is 0 Å². The summed E-state index contributed by atoms with van der Waals surface area (Å²) in [4.78, 5) is 0. The molecule has 0 saturated heterocycles. The molecule has 0 aliphatic rings. The Hall–Kier alpha value is -3.26. The van der Waals surface area contributed by atoms with E-state index in [1.165, 1.54) is 24.1 Å². The Labute approximate surface area is 227 Å². The second kappa shape index (κ2) is 13.3. The highest BCUT2D eigenvalue weighted by Gasteiger charge is 2.21. The Morgan fingerprint density at radius 1 is 0.378 bits per heavy atom. The Kier molecular flexibility index (Phi) is 9.65. The number of hydrogen-bond acceptors (Lipinski definition) is 7.